The topological polar surface area (TPSA) is 51.8 Å². The lowest BCUT2D eigenvalue weighted by molar-refractivity contribution is 1.02. The van der Waals surface area contributed by atoms with Crippen molar-refractivity contribution in [3.05, 3.63) is 39.8 Å². The SMILES string of the molecule is Cc1cc(-c2cc(Cl)c(N)c(Cl)c2)nc(C)n1. The van der Waals surface area contributed by atoms with Gasteiger partial charge in [-0.1, -0.05) is 23.2 Å². The van der Waals surface area contributed by atoms with Gasteiger partial charge >= 0.3 is 0 Å². The fraction of sp³-hybridized carbons (Fsp3) is 0.167. The van der Waals surface area contributed by atoms with Crippen molar-refractivity contribution in [3.63, 3.8) is 0 Å². The molecule has 2 aromatic rings. The van der Waals surface area contributed by atoms with E-state index >= 15 is 0 Å². The number of nitrogens with two attached hydrogens (primary N) is 1. The highest BCUT2D eigenvalue weighted by Gasteiger charge is 2.08. The number of hydrogen-bond donors (Lipinski definition) is 1. The minimum Gasteiger partial charge on any atom is -0.396 e. The molecule has 1 aromatic heterocycles. The van der Waals surface area contributed by atoms with Crippen LogP contribution in [0.2, 0.25) is 10.0 Å². The van der Waals surface area contributed by atoms with E-state index in [4.69, 9.17) is 28.9 Å². The predicted octanol–water partition coefficient (Wildman–Crippen LogP) is 3.65. The van der Waals surface area contributed by atoms with Gasteiger partial charge in [-0.05, 0) is 32.0 Å². The van der Waals surface area contributed by atoms with Crippen LogP contribution in [0.4, 0.5) is 5.69 Å². The van der Waals surface area contributed by atoms with Gasteiger partial charge in [0.1, 0.15) is 5.82 Å². The molecule has 17 heavy (non-hydrogen) atoms. The van der Waals surface area contributed by atoms with Gasteiger partial charge in [-0.25, -0.2) is 9.97 Å². The number of anilines is 1. The highest BCUT2D eigenvalue weighted by Crippen LogP contribution is 2.32. The molecule has 2 N–H and O–H groups in total. The molecule has 1 aromatic carbocycles. The van der Waals surface area contributed by atoms with E-state index in [1.165, 1.54) is 0 Å². The lowest BCUT2D eigenvalue weighted by Gasteiger charge is -2.07. The van der Waals surface area contributed by atoms with Crippen LogP contribution >= 0.6 is 23.2 Å². The van der Waals surface area contributed by atoms with Crippen LogP contribution in [0.3, 0.4) is 0 Å². The average molecular weight is 268 g/mol. The summed E-state index contributed by atoms with van der Waals surface area (Å²) in [6.07, 6.45) is 0. The van der Waals surface area contributed by atoms with Crippen molar-refractivity contribution < 1.29 is 0 Å². The van der Waals surface area contributed by atoms with Crippen molar-refractivity contribution in [2.45, 2.75) is 13.8 Å². The number of nitrogens with zero attached hydrogens (tertiary/aromatic N) is 2. The first-order valence-electron chi connectivity index (χ1n) is 5.04. The summed E-state index contributed by atoms with van der Waals surface area (Å²) in [5, 5.41) is 0.864. The standard InChI is InChI=1S/C12H11Cl2N3/c1-6-3-11(17-7(2)16-6)8-4-9(13)12(15)10(14)5-8/h3-5H,15H2,1-2H3. The molecule has 0 aliphatic rings. The summed E-state index contributed by atoms with van der Waals surface area (Å²) < 4.78 is 0. The molecular weight excluding hydrogens is 257 g/mol. The van der Waals surface area contributed by atoms with Crippen LogP contribution in [0.25, 0.3) is 11.3 Å². The van der Waals surface area contributed by atoms with E-state index in [0.717, 1.165) is 17.0 Å². The van der Waals surface area contributed by atoms with Gasteiger partial charge in [0.05, 0.1) is 21.4 Å². The third-order valence-corrected chi connectivity index (χ3v) is 2.97. The van der Waals surface area contributed by atoms with Gasteiger partial charge in [0.15, 0.2) is 0 Å². The third kappa shape index (κ3) is 2.51. The number of aryl methyl sites for hydroxylation is 2. The lowest BCUT2D eigenvalue weighted by atomic mass is 10.1. The number of aromatic nitrogens is 2. The normalized spacial score (nSPS) is 10.6. The smallest absolute Gasteiger partial charge is 0.126 e. The van der Waals surface area contributed by atoms with Gasteiger partial charge in [0, 0.05) is 11.3 Å². The summed E-state index contributed by atoms with van der Waals surface area (Å²) in [4.78, 5) is 8.57. The number of rotatable bonds is 1. The minimum atomic E-state index is 0.389. The molecule has 0 spiro atoms. The lowest BCUT2D eigenvalue weighted by Crippen LogP contribution is -1.95. The Bertz CT molecular complexity index is 539. The molecule has 2 rings (SSSR count). The molecular formula is C12H11Cl2N3. The number of benzene rings is 1. The molecule has 0 aliphatic carbocycles. The molecule has 0 saturated carbocycles. The Hall–Kier alpha value is -1.32. The highest BCUT2D eigenvalue weighted by atomic mass is 35.5. The molecule has 0 radical (unpaired) electrons. The van der Waals surface area contributed by atoms with Crippen LogP contribution in [0, 0.1) is 13.8 Å². The second-order valence-electron chi connectivity index (χ2n) is 3.80. The maximum absolute atomic E-state index is 6.00. The Morgan fingerprint density at radius 3 is 2.12 bits per heavy atom. The van der Waals surface area contributed by atoms with E-state index in [0.29, 0.717) is 21.6 Å². The van der Waals surface area contributed by atoms with Gasteiger partial charge in [-0.2, -0.15) is 0 Å². The molecule has 0 bridgehead atoms. The van der Waals surface area contributed by atoms with Crippen LogP contribution in [-0.4, -0.2) is 9.97 Å². The van der Waals surface area contributed by atoms with E-state index in [1.54, 1.807) is 12.1 Å². The molecule has 0 atom stereocenters. The molecule has 5 heteroatoms. The zero-order valence-electron chi connectivity index (χ0n) is 9.46. The van der Waals surface area contributed by atoms with Crippen LogP contribution in [0.1, 0.15) is 11.5 Å². The Balaban J connectivity index is 2.60. The second kappa shape index (κ2) is 4.51. The van der Waals surface area contributed by atoms with Crippen molar-refractivity contribution in [1.29, 1.82) is 0 Å². The number of hydrogen-bond acceptors (Lipinski definition) is 3. The maximum atomic E-state index is 6.00. The van der Waals surface area contributed by atoms with Crippen LogP contribution in [0.15, 0.2) is 18.2 Å². The zero-order chi connectivity index (χ0) is 12.6. The molecule has 3 nitrogen and oxygen atoms in total. The number of halogens is 2. The quantitative estimate of drug-likeness (QED) is 0.803. The minimum absolute atomic E-state index is 0.389. The maximum Gasteiger partial charge on any atom is 0.126 e. The van der Waals surface area contributed by atoms with E-state index in [9.17, 15) is 0 Å². The largest absolute Gasteiger partial charge is 0.396 e. The Morgan fingerprint density at radius 1 is 1.00 bits per heavy atom. The van der Waals surface area contributed by atoms with E-state index in [-0.39, 0.29) is 0 Å². The van der Waals surface area contributed by atoms with Crippen LogP contribution < -0.4 is 5.73 Å². The third-order valence-electron chi connectivity index (χ3n) is 2.34. The average Bonchev–Trinajstić information content (AvgIpc) is 2.23. The fourth-order valence-corrected chi connectivity index (χ4v) is 2.08. The Labute approximate surface area is 110 Å². The Kier molecular flexibility index (Phi) is 3.22. The number of nitrogen functional groups attached to an aromatic ring is 1. The van der Waals surface area contributed by atoms with Gasteiger partial charge < -0.3 is 5.73 Å². The fourth-order valence-electron chi connectivity index (χ4n) is 1.60. The summed E-state index contributed by atoms with van der Waals surface area (Å²) in [5.74, 6) is 0.712. The van der Waals surface area contributed by atoms with E-state index < -0.39 is 0 Å². The van der Waals surface area contributed by atoms with Crippen molar-refractivity contribution in [2.75, 3.05) is 5.73 Å². The van der Waals surface area contributed by atoms with E-state index in [2.05, 4.69) is 9.97 Å². The molecule has 0 amide bonds. The highest BCUT2D eigenvalue weighted by molar-refractivity contribution is 6.39. The second-order valence-corrected chi connectivity index (χ2v) is 4.61. The summed E-state index contributed by atoms with van der Waals surface area (Å²) in [5.41, 5.74) is 8.61. The van der Waals surface area contributed by atoms with Gasteiger partial charge in [-0.15, -0.1) is 0 Å². The Morgan fingerprint density at radius 2 is 1.59 bits per heavy atom. The summed E-state index contributed by atoms with van der Waals surface area (Å²) in [6.45, 7) is 3.76. The first-order valence-corrected chi connectivity index (χ1v) is 5.80. The monoisotopic (exact) mass is 267 g/mol. The zero-order valence-corrected chi connectivity index (χ0v) is 11.0. The summed E-state index contributed by atoms with van der Waals surface area (Å²) in [7, 11) is 0. The summed E-state index contributed by atoms with van der Waals surface area (Å²) in [6, 6.07) is 5.39. The first-order chi connectivity index (χ1) is 7.97. The first kappa shape index (κ1) is 12.1. The van der Waals surface area contributed by atoms with Crippen molar-refractivity contribution in [1.82, 2.24) is 9.97 Å². The van der Waals surface area contributed by atoms with Crippen molar-refractivity contribution in [3.8, 4) is 11.3 Å². The van der Waals surface area contributed by atoms with E-state index in [1.807, 2.05) is 19.9 Å². The van der Waals surface area contributed by atoms with Gasteiger partial charge in [0.25, 0.3) is 0 Å². The molecule has 0 aliphatic heterocycles. The van der Waals surface area contributed by atoms with Gasteiger partial charge in [0.2, 0.25) is 0 Å². The van der Waals surface area contributed by atoms with Crippen LogP contribution in [0.5, 0.6) is 0 Å². The molecule has 88 valence electrons. The molecule has 0 unspecified atom stereocenters. The molecule has 0 fully saturated rings. The van der Waals surface area contributed by atoms with Crippen molar-refractivity contribution >= 4 is 28.9 Å². The van der Waals surface area contributed by atoms with Crippen LogP contribution in [-0.2, 0) is 0 Å². The van der Waals surface area contributed by atoms with Gasteiger partial charge in [-0.3, -0.25) is 0 Å². The molecule has 1 heterocycles. The summed E-state index contributed by atoms with van der Waals surface area (Å²) >= 11 is 12.0. The molecule has 0 saturated heterocycles. The van der Waals surface area contributed by atoms with Crippen molar-refractivity contribution in [2.24, 2.45) is 0 Å². The predicted molar refractivity (Wildman–Crippen MR) is 71.4 cm³/mol.